The molecule has 2 bridgehead atoms. The molecule has 2 aromatic heterocycles. The van der Waals surface area contributed by atoms with Crippen LogP contribution in [0.25, 0.3) is 0 Å². The summed E-state index contributed by atoms with van der Waals surface area (Å²) < 4.78 is 1.89. The third kappa shape index (κ3) is 2.74. The lowest BCUT2D eigenvalue weighted by Gasteiger charge is -2.43. The van der Waals surface area contributed by atoms with Crippen LogP contribution in [0.2, 0.25) is 0 Å². The van der Waals surface area contributed by atoms with Gasteiger partial charge in [0.1, 0.15) is 11.4 Å². The first-order valence-electron chi connectivity index (χ1n) is 8.20. The molecule has 128 valence electrons. The zero-order valence-corrected chi connectivity index (χ0v) is 14.4. The maximum absolute atomic E-state index is 12.3. The van der Waals surface area contributed by atoms with E-state index in [4.69, 9.17) is 0 Å². The summed E-state index contributed by atoms with van der Waals surface area (Å²) in [6.07, 6.45) is 8.55. The lowest BCUT2D eigenvalue weighted by atomic mass is 9.85. The highest BCUT2D eigenvalue weighted by molar-refractivity contribution is 7.13. The van der Waals surface area contributed by atoms with Gasteiger partial charge in [-0.05, 0) is 25.7 Å². The zero-order valence-electron chi connectivity index (χ0n) is 13.6. The number of hydrogen-bond donors (Lipinski definition) is 2. The van der Waals surface area contributed by atoms with Crippen molar-refractivity contribution in [1.29, 1.82) is 0 Å². The summed E-state index contributed by atoms with van der Waals surface area (Å²) in [5.41, 5.74) is -0.896. The Balaban J connectivity index is 1.45. The van der Waals surface area contributed by atoms with E-state index in [1.807, 2.05) is 23.2 Å². The number of thiazole rings is 1. The Bertz CT molecular complexity index is 715. The number of rotatable bonds is 4. The quantitative estimate of drug-likeness (QED) is 0.872. The van der Waals surface area contributed by atoms with Gasteiger partial charge in [-0.3, -0.25) is 9.69 Å². The smallest absolute Gasteiger partial charge is 0.240 e. The van der Waals surface area contributed by atoms with Crippen LogP contribution in [0, 0.1) is 0 Å². The lowest BCUT2D eigenvalue weighted by Crippen LogP contribution is -2.52. The summed E-state index contributed by atoms with van der Waals surface area (Å²) in [5.74, 6) is 0.690. The molecule has 2 fully saturated rings. The molecule has 0 saturated carbocycles. The van der Waals surface area contributed by atoms with Gasteiger partial charge >= 0.3 is 0 Å². The van der Waals surface area contributed by atoms with E-state index in [0.717, 1.165) is 18.7 Å². The Morgan fingerprint density at radius 2 is 2.12 bits per heavy atom. The van der Waals surface area contributed by atoms with Gasteiger partial charge in [-0.15, -0.1) is 11.3 Å². The van der Waals surface area contributed by atoms with Crippen molar-refractivity contribution < 1.29 is 9.90 Å². The lowest BCUT2D eigenvalue weighted by molar-refractivity contribution is -0.121. The van der Waals surface area contributed by atoms with Crippen LogP contribution in [-0.2, 0) is 17.4 Å². The number of hydrogen-bond acceptors (Lipinski definition) is 6. The first-order chi connectivity index (χ1) is 11.5. The van der Waals surface area contributed by atoms with Crippen LogP contribution in [0.3, 0.4) is 0 Å². The number of carbonyl (C=O) groups excluding carboxylic acids is 1. The first kappa shape index (κ1) is 15.7. The van der Waals surface area contributed by atoms with Crippen molar-refractivity contribution in [2.45, 2.75) is 43.4 Å². The largest absolute Gasteiger partial charge is 0.382 e. The van der Waals surface area contributed by atoms with Crippen molar-refractivity contribution in [3.05, 3.63) is 29.8 Å². The van der Waals surface area contributed by atoms with Crippen molar-refractivity contribution in [3.8, 4) is 0 Å². The standard InChI is InChI=1S/C16H21N5O2S/c1-20-6-4-17-14(20)16(23)8-11-2-3-12(9-16)21(11)10-13(22)19-15-18-5-7-24-15/h4-7,11-12,23H,2-3,8-10H2,1H3,(H,18,19,22)/t11-,12-/m1/s1. The molecule has 0 spiro atoms. The fraction of sp³-hybridized carbons (Fsp3) is 0.562. The predicted octanol–water partition coefficient (Wildman–Crippen LogP) is 1.33. The van der Waals surface area contributed by atoms with Gasteiger partial charge in [0.15, 0.2) is 5.13 Å². The molecule has 0 aliphatic carbocycles. The van der Waals surface area contributed by atoms with Gasteiger partial charge in [0.05, 0.1) is 6.54 Å². The van der Waals surface area contributed by atoms with Gasteiger partial charge in [-0.2, -0.15) is 0 Å². The molecule has 0 aromatic carbocycles. The molecule has 2 aromatic rings. The third-order valence-corrected chi connectivity index (χ3v) is 5.85. The van der Waals surface area contributed by atoms with Crippen LogP contribution in [0.15, 0.2) is 24.0 Å². The monoisotopic (exact) mass is 347 g/mol. The van der Waals surface area contributed by atoms with E-state index in [2.05, 4.69) is 20.2 Å². The minimum Gasteiger partial charge on any atom is -0.382 e. The van der Waals surface area contributed by atoms with Crippen molar-refractivity contribution in [1.82, 2.24) is 19.4 Å². The van der Waals surface area contributed by atoms with Crippen molar-refractivity contribution in [2.75, 3.05) is 11.9 Å². The van der Waals surface area contributed by atoms with E-state index in [9.17, 15) is 9.90 Å². The summed E-state index contributed by atoms with van der Waals surface area (Å²) in [5, 5.41) is 16.5. The number of nitrogens with one attached hydrogen (secondary N) is 1. The second-order valence-corrected chi connectivity index (χ2v) is 7.64. The molecule has 2 aliphatic rings. The number of piperidine rings is 1. The fourth-order valence-electron chi connectivity index (χ4n) is 4.18. The zero-order chi connectivity index (χ0) is 16.7. The van der Waals surface area contributed by atoms with Gasteiger partial charge in [0.25, 0.3) is 0 Å². The summed E-state index contributed by atoms with van der Waals surface area (Å²) in [6.45, 7) is 0.353. The molecular weight excluding hydrogens is 326 g/mol. The number of aliphatic hydroxyl groups is 1. The summed E-state index contributed by atoms with van der Waals surface area (Å²) in [6, 6.07) is 0.431. The maximum Gasteiger partial charge on any atom is 0.240 e. The van der Waals surface area contributed by atoms with Gasteiger partial charge in [-0.25, -0.2) is 9.97 Å². The average molecular weight is 347 g/mol. The average Bonchev–Trinajstić information content (AvgIpc) is 3.23. The van der Waals surface area contributed by atoms with E-state index < -0.39 is 5.60 Å². The molecule has 7 nitrogen and oxygen atoms in total. The molecule has 24 heavy (non-hydrogen) atoms. The molecule has 0 radical (unpaired) electrons. The van der Waals surface area contributed by atoms with Crippen LogP contribution < -0.4 is 5.32 Å². The normalized spacial score (nSPS) is 29.8. The molecule has 2 saturated heterocycles. The summed E-state index contributed by atoms with van der Waals surface area (Å²) >= 11 is 1.42. The van der Waals surface area contributed by atoms with Gasteiger partial charge < -0.3 is 15.0 Å². The molecule has 0 unspecified atom stereocenters. The van der Waals surface area contributed by atoms with Crippen LogP contribution >= 0.6 is 11.3 Å². The Kier molecular flexibility index (Phi) is 3.90. The number of fused-ring (bicyclic) bond motifs is 2. The minimum absolute atomic E-state index is 0.0377. The number of amides is 1. The highest BCUT2D eigenvalue weighted by Gasteiger charge is 2.50. The number of aromatic nitrogens is 3. The molecular formula is C16H21N5O2S. The van der Waals surface area contributed by atoms with E-state index in [-0.39, 0.29) is 18.0 Å². The summed E-state index contributed by atoms with van der Waals surface area (Å²) in [7, 11) is 1.91. The van der Waals surface area contributed by atoms with E-state index in [0.29, 0.717) is 24.5 Å². The fourth-order valence-corrected chi connectivity index (χ4v) is 4.73. The molecule has 2 atom stereocenters. The topological polar surface area (TPSA) is 83.3 Å². The summed E-state index contributed by atoms with van der Waals surface area (Å²) in [4.78, 5) is 23.0. The molecule has 4 heterocycles. The number of aryl methyl sites for hydroxylation is 1. The Hall–Kier alpha value is -1.77. The van der Waals surface area contributed by atoms with Crippen molar-refractivity contribution in [3.63, 3.8) is 0 Å². The van der Waals surface area contributed by atoms with Crippen LogP contribution in [0.5, 0.6) is 0 Å². The maximum atomic E-state index is 12.3. The second kappa shape index (κ2) is 5.94. The van der Waals surface area contributed by atoms with Crippen LogP contribution in [0.4, 0.5) is 5.13 Å². The second-order valence-electron chi connectivity index (χ2n) is 6.74. The van der Waals surface area contributed by atoms with Crippen molar-refractivity contribution in [2.24, 2.45) is 7.05 Å². The van der Waals surface area contributed by atoms with E-state index >= 15 is 0 Å². The predicted molar refractivity (Wildman–Crippen MR) is 90.6 cm³/mol. The van der Waals surface area contributed by atoms with E-state index in [1.165, 1.54) is 11.3 Å². The molecule has 4 rings (SSSR count). The Morgan fingerprint density at radius 3 is 2.71 bits per heavy atom. The number of anilines is 1. The molecule has 2 aliphatic heterocycles. The molecule has 2 N–H and O–H groups in total. The van der Waals surface area contributed by atoms with Crippen LogP contribution in [-0.4, -0.2) is 49.1 Å². The molecule has 8 heteroatoms. The molecule has 1 amide bonds. The number of imidazole rings is 1. The number of nitrogens with zero attached hydrogens (tertiary/aromatic N) is 4. The minimum atomic E-state index is -0.896. The SMILES string of the molecule is Cn1ccnc1C1(O)C[C@H]2CC[C@H](C1)N2CC(=O)Nc1nccs1. The van der Waals surface area contributed by atoms with Crippen molar-refractivity contribution >= 4 is 22.4 Å². The Morgan fingerprint density at radius 1 is 1.38 bits per heavy atom. The van der Waals surface area contributed by atoms with E-state index in [1.54, 1.807) is 12.4 Å². The first-order valence-corrected chi connectivity index (χ1v) is 9.08. The number of carbonyl (C=O) groups is 1. The third-order valence-electron chi connectivity index (χ3n) is 5.16. The Labute approximate surface area is 144 Å². The van der Waals surface area contributed by atoms with Gasteiger partial charge in [-0.1, -0.05) is 0 Å². The van der Waals surface area contributed by atoms with Crippen LogP contribution in [0.1, 0.15) is 31.5 Å². The highest BCUT2D eigenvalue weighted by atomic mass is 32.1. The highest BCUT2D eigenvalue weighted by Crippen LogP contribution is 2.44. The van der Waals surface area contributed by atoms with Gasteiger partial charge in [0, 0.05) is 43.1 Å². The van der Waals surface area contributed by atoms with Gasteiger partial charge in [0.2, 0.25) is 5.91 Å².